The smallest absolute Gasteiger partial charge is 0.407 e. The van der Waals surface area contributed by atoms with Crippen LogP contribution in [0.4, 0.5) is 16.3 Å². The highest BCUT2D eigenvalue weighted by Crippen LogP contribution is 2.20. The molecule has 0 saturated carbocycles. The number of nitrogens with zero attached hydrogens (tertiary/aromatic N) is 4. The molecule has 4 N–H and O–H groups in total. The lowest BCUT2D eigenvalue weighted by molar-refractivity contribution is 0.102. The number of aromatic nitrogens is 3. The van der Waals surface area contributed by atoms with E-state index in [1.807, 2.05) is 24.3 Å². The van der Waals surface area contributed by atoms with Crippen LogP contribution in [-0.4, -0.2) is 63.8 Å². The Morgan fingerprint density at radius 3 is 2.56 bits per heavy atom. The van der Waals surface area contributed by atoms with Crippen molar-refractivity contribution in [2.24, 2.45) is 0 Å². The van der Waals surface area contributed by atoms with E-state index in [1.165, 1.54) is 17.3 Å². The molecule has 1 aromatic carbocycles. The predicted molar refractivity (Wildman–Crippen MR) is 128 cm³/mol. The zero-order valence-electron chi connectivity index (χ0n) is 19.0. The molecular formula is C24H28N6O4. The van der Waals surface area contributed by atoms with E-state index in [2.05, 4.69) is 20.3 Å². The molecule has 0 aliphatic rings. The second-order valence-electron chi connectivity index (χ2n) is 7.60. The van der Waals surface area contributed by atoms with E-state index in [-0.39, 0.29) is 11.5 Å². The largest absolute Gasteiger partial charge is 0.465 e. The van der Waals surface area contributed by atoms with Gasteiger partial charge in [0.25, 0.3) is 5.91 Å². The zero-order valence-corrected chi connectivity index (χ0v) is 19.0. The number of hydrogen-bond acceptors (Lipinski definition) is 7. The minimum atomic E-state index is -0.920. The van der Waals surface area contributed by atoms with Crippen molar-refractivity contribution in [2.45, 2.75) is 19.3 Å². The van der Waals surface area contributed by atoms with Crippen LogP contribution in [-0.2, 0) is 11.2 Å². The molecule has 10 heteroatoms. The summed E-state index contributed by atoms with van der Waals surface area (Å²) in [6, 6.07) is 11.1. The van der Waals surface area contributed by atoms with Crippen molar-refractivity contribution in [2.75, 3.05) is 37.9 Å². The summed E-state index contributed by atoms with van der Waals surface area (Å²) in [4.78, 5) is 37.9. The summed E-state index contributed by atoms with van der Waals surface area (Å²) >= 11 is 0. The maximum atomic E-state index is 12.6. The normalized spacial score (nSPS) is 10.6. The SMILES string of the molecule is COCCCN(CCCc1ccc(-c2cnc(N)c(C(=O)Nc3cccnc3)n2)cc1)C(=O)O. The molecule has 2 heterocycles. The lowest BCUT2D eigenvalue weighted by Crippen LogP contribution is -2.32. The summed E-state index contributed by atoms with van der Waals surface area (Å²) in [7, 11) is 1.60. The van der Waals surface area contributed by atoms with Gasteiger partial charge in [0, 0.05) is 38.6 Å². The standard InChI is InChI=1S/C24H28N6O4/c1-34-14-4-13-30(24(32)33)12-3-5-17-7-9-18(10-8-17)20-16-27-22(25)21(29-20)23(31)28-19-6-2-11-26-15-19/h2,6-11,15-16H,3-5,12-14H2,1H3,(H2,25,27)(H,28,31)(H,32,33). The number of ether oxygens (including phenoxy) is 1. The highest BCUT2D eigenvalue weighted by atomic mass is 16.5. The molecule has 34 heavy (non-hydrogen) atoms. The second kappa shape index (κ2) is 12.3. The fourth-order valence-corrected chi connectivity index (χ4v) is 3.35. The van der Waals surface area contributed by atoms with E-state index >= 15 is 0 Å². The van der Waals surface area contributed by atoms with Crippen molar-refractivity contribution in [3.63, 3.8) is 0 Å². The molecule has 10 nitrogen and oxygen atoms in total. The first-order valence-corrected chi connectivity index (χ1v) is 10.9. The molecule has 3 rings (SSSR count). The molecule has 178 valence electrons. The second-order valence-corrected chi connectivity index (χ2v) is 7.60. The number of carbonyl (C=O) groups excluding carboxylic acids is 1. The van der Waals surface area contributed by atoms with Gasteiger partial charge >= 0.3 is 6.09 Å². The molecule has 0 fully saturated rings. The van der Waals surface area contributed by atoms with Gasteiger partial charge in [0.1, 0.15) is 0 Å². The van der Waals surface area contributed by atoms with Gasteiger partial charge in [0.15, 0.2) is 11.5 Å². The van der Waals surface area contributed by atoms with Crippen LogP contribution < -0.4 is 11.1 Å². The summed E-state index contributed by atoms with van der Waals surface area (Å²) in [5.41, 5.74) is 8.83. The van der Waals surface area contributed by atoms with E-state index in [4.69, 9.17) is 10.5 Å². The van der Waals surface area contributed by atoms with Crippen LogP contribution in [0.2, 0.25) is 0 Å². The Bertz CT molecular complexity index is 1090. The van der Waals surface area contributed by atoms with Crippen LogP contribution in [0.3, 0.4) is 0 Å². The van der Waals surface area contributed by atoms with E-state index in [1.54, 1.807) is 25.4 Å². The predicted octanol–water partition coefficient (Wildman–Crippen LogP) is 3.32. The van der Waals surface area contributed by atoms with E-state index in [0.29, 0.717) is 43.9 Å². The van der Waals surface area contributed by atoms with Crippen molar-refractivity contribution in [3.05, 3.63) is 66.2 Å². The molecule has 0 atom stereocenters. The molecule has 3 aromatic rings. The van der Waals surface area contributed by atoms with Gasteiger partial charge in [-0.2, -0.15) is 0 Å². The number of anilines is 2. The Labute approximate surface area is 197 Å². The van der Waals surface area contributed by atoms with Gasteiger partial charge in [-0.25, -0.2) is 14.8 Å². The van der Waals surface area contributed by atoms with Gasteiger partial charge in [-0.3, -0.25) is 9.78 Å². The maximum Gasteiger partial charge on any atom is 0.407 e. The number of methoxy groups -OCH3 is 1. The number of nitrogen functional groups attached to an aromatic ring is 1. The van der Waals surface area contributed by atoms with Crippen LogP contribution >= 0.6 is 0 Å². The third kappa shape index (κ3) is 6.97. The fourth-order valence-electron chi connectivity index (χ4n) is 3.35. The number of amides is 2. The Hall–Kier alpha value is -4.05. The van der Waals surface area contributed by atoms with Gasteiger partial charge in [-0.15, -0.1) is 0 Å². The minimum absolute atomic E-state index is 0.0349. The fraction of sp³-hybridized carbons (Fsp3) is 0.292. The lowest BCUT2D eigenvalue weighted by atomic mass is 10.1. The van der Waals surface area contributed by atoms with Gasteiger partial charge in [-0.1, -0.05) is 24.3 Å². The molecule has 0 aliphatic heterocycles. The molecule has 0 aliphatic carbocycles. The maximum absolute atomic E-state index is 12.6. The number of aryl methyl sites for hydroxylation is 1. The van der Waals surface area contributed by atoms with Crippen molar-refractivity contribution < 1.29 is 19.4 Å². The summed E-state index contributed by atoms with van der Waals surface area (Å²) in [5.74, 6) is -0.430. The number of pyridine rings is 1. The molecule has 0 unspecified atom stereocenters. The summed E-state index contributed by atoms with van der Waals surface area (Å²) in [6.45, 7) is 1.44. The van der Waals surface area contributed by atoms with Gasteiger partial charge in [0.2, 0.25) is 0 Å². The molecule has 0 spiro atoms. The van der Waals surface area contributed by atoms with Gasteiger partial charge < -0.3 is 25.8 Å². The number of benzene rings is 1. The molecule has 2 amide bonds. The van der Waals surface area contributed by atoms with Crippen LogP contribution in [0.25, 0.3) is 11.3 Å². The topological polar surface area (TPSA) is 144 Å². The van der Waals surface area contributed by atoms with Crippen molar-refractivity contribution in [3.8, 4) is 11.3 Å². The van der Waals surface area contributed by atoms with Crippen molar-refractivity contribution in [1.82, 2.24) is 19.9 Å². The highest BCUT2D eigenvalue weighted by molar-refractivity contribution is 6.05. The number of carboxylic acid groups (broad SMARTS) is 1. The third-order valence-corrected chi connectivity index (χ3v) is 5.13. The third-order valence-electron chi connectivity index (χ3n) is 5.13. The highest BCUT2D eigenvalue weighted by Gasteiger charge is 2.15. The van der Waals surface area contributed by atoms with Crippen molar-refractivity contribution >= 4 is 23.5 Å². The number of hydrogen-bond donors (Lipinski definition) is 3. The number of nitrogens with two attached hydrogens (primary N) is 1. The molecule has 0 saturated heterocycles. The Morgan fingerprint density at radius 2 is 1.88 bits per heavy atom. The first kappa shape index (κ1) is 24.6. The Balaban J connectivity index is 1.61. The lowest BCUT2D eigenvalue weighted by Gasteiger charge is -2.18. The Kier molecular flexibility index (Phi) is 8.87. The first-order valence-electron chi connectivity index (χ1n) is 10.9. The van der Waals surface area contributed by atoms with E-state index in [0.717, 1.165) is 17.5 Å². The first-order chi connectivity index (χ1) is 16.5. The summed E-state index contributed by atoms with van der Waals surface area (Å²) in [5, 5.41) is 12.0. The average Bonchev–Trinajstić information content (AvgIpc) is 2.84. The molecule has 0 radical (unpaired) electrons. The van der Waals surface area contributed by atoms with E-state index < -0.39 is 12.0 Å². The average molecular weight is 465 g/mol. The Morgan fingerprint density at radius 1 is 1.12 bits per heavy atom. The number of rotatable bonds is 11. The van der Waals surface area contributed by atoms with Crippen LogP contribution in [0.1, 0.15) is 28.9 Å². The minimum Gasteiger partial charge on any atom is -0.465 e. The molecular weight excluding hydrogens is 436 g/mol. The van der Waals surface area contributed by atoms with Gasteiger partial charge in [0.05, 0.1) is 23.8 Å². The molecule has 0 bridgehead atoms. The quantitative estimate of drug-likeness (QED) is 0.367. The summed E-state index contributed by atoms with van der Waals surface area (Å²) < 4.78 is 4.99. The monoisotopic (exact) mass is 464 g/mol. The van der Waals surface area contributed by atoms with Crippen LogP contribution in [0, 0.1) is 0 Å². The number of nitrogens with one attached hydrogen (secondary N) is 1. The van der Waals surface area contributed by atoms with Crippen LogP contribution in [0.5, 0.6) is 0 Å². The molecule has 2 aromatic heterocycles. The zero-order chi connectivity index (χ0) is 24.3. The van der Waals surface area contributed by atoms with Crippen LogP contribution in [0.15, 0.2) is 55.0 Å². The van der Waals surface area contributed by atoms with Gasteiger partial charge in [-0.05, 0) is 37.0 Å². The summed E-state index contributed by atoms with van der Waals surface area (Å²) in [6.07, 6.45) is 5.85. The van der Waals surface area contributed by atoms with E-state index in [9.17, 15) is 14.7 Å². The van der Waals surface area contributed by atoms with Crippen molar-refractivity contribution in [1.29, 1.82) is 0 Å². The number of carbonyl (C=O) groups is 2.